The third-order valence-corrected chi connectivity index (χ3v) is 6.48. The lowest BCUT2D eigenvalue weighted by Crippen LogP contribution is -2.45. The molecule has 0 aromatic heterocycles. The summed E-state index contributed by atoms with van der Waals surface area (Å²) < 4.78 is 5.55. The molecule has 1 aliphatic rings. The van der Waals surface area contributed by atoms with E-state index in [2.05, 4.69) is 34.9 Å². The Labute approximate surface area is 198 Å². The summed E-state index contributed by atoms with van der Waals surface area (Å²) in [6, 6.07) is 14.8. The van der Waals surface area contributed by atoms with Gasteiger partial charge in [-0.05, 0) is 47.1 Å². The SMILES string of the molecule is CC[C@@H](CC(=O)NC(CCSC)C(=O)O)NC(=O)OCC1c2ccccc2-c2ccccc21. The van der Waals surface area contributed by atoms with Gasteiger partial charge in [-0.3, -0.25) is 4.79 Å². The number of carboxylic acids is 1. The van der Waals surface area contributed by atoms with Crippen LogP contribution in [0.25, 0.3) is 11.1 Å². The summed E-state index contributed by atoms with van der Waals surface area (Å²) in [5.74, 6) is -0.879. The number of hydrogen-bond donors (Lipinski definition) is 3. The van der Waals surface area contributed by atoms with Crippen molar-refractivity contribution in [1.82, 2.24) is 10.6 Å². The van der Waals surface area contributed by atoms with E-state index in [9.17, 15) is 19.5 Å². The topological polar surface area (TPSA) is 105 Å². The number of fused-ring (bicyclic) bond motifs is 3. The first-order valence-corrected chi connectivity index (χ1v) is 12.5. The molecule has 0 aliphatic heterocycles. The van der Waals surface area contributed by atoms with Gasteiger partial charge in [-0.15, -0.1) is 0 Å². The third-order valence-electron chi connectivity index (χ3n) is 5.83. The number of nitrogens with one attached hydrogen (secondary N) is 2. The number of benzene rings is 2. The fourth-order valence-corrected chi connectivity index (χ4v) is 4.55. The Morgan fingerprint density at radius 2 is 1.64 bits per heavy atom. The highest BCUT2D eigenvalue weighted by atomic mass is 32.2. The quantitative estimate of drug-likeness (QED) is 0.458. The van der Waals surface area contributed by atoms with E-state index in [1.165, 1.54) is 11.8 Å². The molecule has 2 aromatic carbocycles. The molecule has 2 aromatic rings. The van der Waals surface area contributed by atoms with Crippen molar-refractivity contribution in [2.45, 2.75) is 44.2 Å². The van der Waals surface area contributed by atoms with Crippen LogP contribution in [0.4, 0.5) is 4.79 Å². The van der Waals surface area contributed by atoms with Crippen molar-refractivity contribution in [3.8, 4) is 11.1 Å². The van der Waals surface area contributed by atoms with E-state index >= 15 is 0 Å². The second-order valence-corrected chi connectivity index (χ2v) is 9.00. The molecule has 1 unspecified atom stereocenters. The Morgan fingerprint density at radius 3 is 2.18 bits per heavy atom. The zero-order chi connectivity index (χ0) is 23.8. The van der Waals surface area contributed by atoms with E-state index in [1.54, 1.807) is 0 Å². The van der Waals surface area contributed by atoms with Gasteiger partial charge in [0.15, 0.2) is 0 Å². The second-order valence-electron chi connectivity index (χ2n) is 8.02. The van der Waals surface area contributed by atoms with Gasteiger partial charge in [0.05, 0.1) is 0 Å². The van der Waals surface area contributed by atoms with Crippen LogP contribution >= 0.6 is 11.8 Å². The van der Waals surface area contributed by atoms with Gasteiger partial charge in [-0.25, -0.2) is 9.59 Å². The predicted molar refractivity (Wildman–Crippen MR) is 129 cm³/mol. The highest BCUT2D eigenvalue weighted by molar-refractivity contribution is 7.98. The Balaban J connectivity index is 1.54. The molecule has 0 radical (unpaired) electrons. The first-order valence-electron chi connectivity index (χ1n) is 11.1. The Morgan fingerprint density at radius 1 is 1.03 bits per heavy atom. The number of amides is 2. The molecule has 0 spiro atoms. The Kier molecular flexibility index (Phi) is 8.77. The van der Waals surface area contributed by atoms with Crippen LogP contribution in [0.2, 0.25) is 0 Å². The molecule has 33 heavy (non-hydrogen) atoms. The molecule has 0 bridgehead atoms. The van der Waals surface area contributed by atoms with E-state index in [-0.39, 0.29) is 18.9 Å². The first kappa shape index (κ1) is 24.6. The minimum Gasteiger partial charge on any atom is -0.480 e. The van der Waals surface area contributed by atoms with Crippen molar-refractivity contribution in [3.63, 3.8) is 0 Å². The Hall–Kier alpha value is -3.00. The molecule has 176 valence electrons. The van der Waals surface area contributed by atoms with Crippen molar-refractivity contribution in [2.24, 2.45) is 0 Å². The number of aliphatic carboxylic acids is 1. The largest absolute Gasteiger partial charge is 0.480 e. The molecule has 7 nitrogen and oxygen atoms in total. The molecule has 0 saturated carbocycles. The minimum absolute atomic E-state index is 0.0102. The van der Waals surface area contributed by atoms with Crippen molar-refractivity contribution in [1.29, 1.82) is 0 Å². The maximum atomic E-state index is 12.5. The van der Waals surface area contributed by atoms with E-state index in [0.29, 0.717) is 18.6 Å². The lowest BCUT2D eigenvalue weighted by molar-refractivity contribution is -0.141. The summed E-state index contributed by atoms with van der Waals surface area (Å²) in [5, 5.41) is 14.6. The van der Waals surface area contributed by atoms with Crippen LogP contribution in [0.1, 0.15) is 43.2 Å². The molecule has 3 rings (SSSR count). The smallest absolute Gasteiger partial charge is 0.407 e. The number of carbonyl (C=O) groups excluding carboxylic acids is 2. The van der Waals surface area contributed by atoms with Crippen LogP contribution in [-0.4, -0.2) is 53.8 Å². The summed E-state index contributed by atoms with van der Waals surface area (Å²) in [6.45, 7) is 2.04. The molecule has 8 heteroatoms. The van der Waals surface area contributed by atoms with Crippen LogP contribution in [0, 0.1) is 0 Å². The van der Waals surface area contributed by atoms with Crippen LogP contribution in [-0.2, 0) is 14.3 Å². The number of rotatable bonds is 11. The van der Waals surface area contributed by atoms with Crippen LogP contribution in [0.5, 0.6) is 0 Å². The number of carboxylic acid groups (broad SMARTS) is 1. The molecule has 0 fully saturated rings. The van der Waals surface area contributed by atoms with Gasteiger partial charge in [-0.2, -0.15) is 11.8 Å². The van der Waals surface area contributed by atoms with Crippen molar-refractivity contribution >= 4 is 29.7 Å². The fraction of sp³-hybridized carbons (Fsp3) is 0.400. The van der Waals surface area contributed by atoms with Gasteiger partial charge >= 0.3 is 12.1 Å². The molecule has 2 amide bonds. The second kappa shape index (κ2) is 11.7. The average Bonchev–Trinajstić information content (AvgIpc) is 3.13. The van der Waals surface area contributed by atoms with Crippen LogP contribution in [0.15, 0.2) is 48.5 Å². The van der Waals surface area contributed by atoms with Crippen molar-refractivity contribution in [2.75, 3.05) is 18.6 Å². The molecule has 3 N–H and O–H groups in total. The number of carbonyl (C=O) groups is 3. The summed E-state index contributed by atoms with van der Waals surface area (Å²) in [6.07, 6.45) is 2.14. The highest BCUT2D eigenvalue weighted by Gasteiger charge is 2.29. The minimum atomic E-state index is -1.06. The highest BCUT2D eigenvalue weighted by Crippen LogP contribution is 2.44. The summed E-state index contributed by atoms with van der Waals surface area (Å²) in [5.41, 5.74) is 4.56. The van der Waals surface area contributed by atoms with E-state index in [0.717, 1.165) is 22.3 Å². The van der Waals surface area contributed by atoms with Gasteiger partial charge in [0, 0.05) is 18.4 Å². The molecule has 2 atom stereocenters. The maximum absolute atomic E-state index is 12.5. The van der Waals surface area contributed by atoms with E-state index in [4.69, 9.17) is 4.74 Å². The third kappa shape index (κ3) is 6.28. The fourth-order valence-electron chi connectivity index (χ4n) is 4.07. The van der Waals surface area contributed by atoms with E-state index in [1.807, 2.05) is 37.4 Å². The standard InChI is InChI=1S/C25H30N2O5S/c1-3-16(14-23(28)27-22(24(29)30)12-13-33-2)26-25(31)32-15-21-19-10-6-4-8-17(19)18-9-5-7-11-20(18)21/h4-11,16,21-22H,3,12-15H2,1-2H3,(H,26,31)(H,27,28)(H,29,30)/t16-,22?/m0/s1. The normalized spacial score (nSPS) is 14.0. The predicted octanol–water partition coefficient (Wildman–Crippen LogP) is 4.02. The summed E-state index contributed by atoms with van der Waals surface area (Å²) >= 11 is 1.52. The monoisotopic (exact) mass is 470 g/mol. The van der Waals surface area contributed by atoms with E-state index < -0.39 is 30.1 Å². The molecular formula is C25H30N2O5S. The van der Waals surface area contributed by atoms with Gasteiger partial charge in [0.2, 0.25) is 5.91 Å². The molecule has 0 heterocycles. The van der Waals surface area contributed by atoms with Gasteiger partial charge < -0.3 is 20.5 Å². The zero-order valence-corrected chi connectivity index (χ0v) is 19.7. The number of ether oxygens (including phenoxy) is 1. The van der Waals surface area contributed by atoms with Crippen LogP contribution in [0.3, 0.4) is 0 Å². The molecule has 1 aliphatic carbocycles. The molecule has 0 saturated heterocycles. The lowest BCUT2D eigenvalue weighted by Gasteiger charge is -2.20. The number of thioether (sulfide) groups is 1. The first-order chi connectivity index (χ1) is 15.9. The maximum Gasteiger partial charge on any atom is 0.407 e. The van der Waals surface area contributed by atoms with Gasteiger partial charge in [-0.1, -0.05) is 55.5 Å². The van der Waals surface area contributed by atoms with Crippen molar-refractivity contribution < 1.29 is 24.2 Å². The number of alkyl carbamates (subject to hydrolysis) is 1. The van der Waals surface area contributed by atoms with Gasteiger partial charge in [0.1, 0.15) is 12.6 Å². The average molecular weight is 471 g/mol. The van der Waals surface area contributed by atoms with Gasteiger partial charge in [0.25, 0.3) is 0 Å². The molecular weight excluding hydrogens is 440 g/mol. The lowest BCUT2D eigenvalue weighted by atomic mass is 9.98. The van der Waals surface area contributed by atoms with Crippen molar-refractivity contribution in [3.05, 3.63) is 59.7 Å². The van der Waals surface area contributed by atoms with Crippen LogP contribution < -0.4 is 10.6 Å². The summed E-state index contributed by atoms with van der Waals surface area (Å²) in [7, 11) is 0. The number of hydrogen-bond acceptors (Lipinski definition) is 5. The summed E-state index contributed by atoms with van der Waals surface area (Å²) in [4.78, 5) is 36.2. The Bertz CT molecular complexity index is 951. The zero-order valence-electron chi connectivity index (χ0n) is 18.9.